The molecule has 0 radical (unpaired) electrons. The van der Waals surface area contributed by atoms with Gasteiger partial charge in [0.1, 0.15) is 0 Å². The highest BCUT2D eigenvalue weighted by molar-refractivity contribution is 5.85. The molecule has 0 aromatic heterocycles. The molecule has 15 heavy (non-hydrogen) atoms. The summed E-state index contributed by atoms with van der Waals surface area (Å²) in [7, 11) is 1.73. The molecule has 0 saturated heterocycles. The fourth-order valence-corrected chi connectivity index (χ4v) is 2.30. The summed E-state index contributed by atoms with van der Waals surface area (Å²) in [5, 5.41) is 3.10. The first-order valence-electron chi connectivity index (χ1n) is 5.74. The van der Waals surface area contributed by atoms with Crippen molar-refractivity contribution < 1.29 is 9.53 Å². The molecule has 2 rings (SSSR count). The Kier molecular flexibility index (Phi) is 2.98. The van der Waals surface area contributed by atoms with Crippen LogP contribution in [0.3, 0.4) is 0 Å². The molecule has 1 amide bonds. The molecule has 2 aliphatic rings. The van der Waals surface area contributed by atoms with Crippen molar-refractivity contribution in [3.8, 4) is 0 Å². The van der Waals surface area contributed by atoms with Crippen molar-refractivity contribution in [2.45, 2.75) is 44.2 Å². The number of carbonyl (C=O) groups excluding carboxylic acids is 1. The van der Waals surface area contributed by atoms with Crippen LogP contribution in [-0.2, 0) is 9.53 Å². The average molecular weight is 212 g/mol. The number of ether oxygens (including phenoxy) is 1. The molecule has 0 heterocycles. The second-order valence-corrected chi connectivity index (χ2v) is 4.83. The number of nitrogens with one attached hydrogen (secondary N) is 1. The third kappa shape index (κ3) is 2.16. The SMILES string of the molecule is COC1CCC(NC(=O)C2(CN)CC2)C1. The maximum atomic E-state index is 11.9. The largest absolute Gasteiger partial charge is 0.381 e. The minimum atomic E-state index is -0.217. The van der Waals surface area contributed by atoms with Gasteiger partial charge in [0, 0.05) is 19.7 Å². The van der Waals surface area contributed by atoms with Crippen molar-refractivity contribution >= 4 is 5.91 Å². The van der Waals surface area contributed by atoms with Crippen LogP contribution in [0.1, 0.15) is 32.1 Å². The molecule has 0 spiro atoms. The molecule has 2 unspecified atom stereocenters. The van der Waals surface area contributed by atoms with Crippen molar-refractivity contribution in [3.05, 3.63) is 0 Å². The van der Waals surface area contributed by atoms with Crippen molar-refractivity contribution in [3.63, 3.8) is 0 Å². The van der Waals surface area contributed by atoms with Gasteiger partial charge in [0.15, 0.2) is 0 Å². The summed E-state index contributed by atoms with van der Waals surface area (Å²) in [5.41, 5.74) is 5.39. The van der Waals surface area contributed by atoms with Gasteiger partial charge >= 0.3 is 0 Å². The van der Waals surface area contributed by atoms with Gasteiger partial charge in [0.2, 0.25) is 5.91 Å². The Labute approximate surface area is 90.5 Å². The zero-order chi connectivity index (χ0) is 10.9. The first-order chi connectivity index (χ1) is 7.20. The van der Waals surface area contributed by atoms with Gasteiger partial charge in [-0.05, 0) is 32.1 Å². The lowest BCUT2D eigenvalue weighted by molar-refractivity contribution is -0.126. The third-order valence-electron chi connectivity index (χ3n) is 3.78. The Bertz CT molecular complexity index is 251. The van der Waals surface area contributed by atoms with E-state index in [9.17, 15) is 4.79 Å². The van der Waals surface area contributed by atoms with Crippen LogP contribution in [0.25, 0.3) is 0 Å². The number of amides is 1. The third-order valence-corrected chi connectivity index (χ3v) is 3.78. The van der Waals surface area contributed by atoms with Crippen molar-refractivity contribution in [1.82, 2.24) is 5.32 Å². The van der Waals surface area contributed by atoms with Gasteiger partial charge < -0.3 is 15.8 Å². The molecule has 4 heteroatoms. The number of methoxy groups -OCH3 is 1. The van der Waals surface area contributed by atoms with Crippen LogP contribution >= 0.6 is 0 Å². The predicted octanol–water partition coefficient (Wildman–Crippen LogP) is 0.409. The van der Waals surface area contributed by atoms with E-state index < -0.39 is 0 Å². The molecule has 0 aromatic carbocycles. The first kappa shape index (κ1) is 10.9. The second kappa shape index (κ2) is 4.10. The summed E-state index contributed by atoms with van der Waals surface area (Å²) in [6.07, 6.45) is 5.26. The number of nitrogens with two attached hydrogens (primary N) is 1. The smallest absolute Gasteiger partial charge is 0.227 e. The lowest BCUT2D eigenvalue weighted by atomic mass is 10.1. The molecule has 0 aliphatic heterocycles. The molecule has 2 atom stereocenters. The van der Waals surface area contributed by atoms with Crippen LogP contribution in [-0.4, -0.2) is 31.7 Å². The first-order valence-corrected chi connectivity index (χ1v) is 5.74. The van der Waals surface area contributed by atoms with Gasteiger partial charge in [-0.1, -0.05) is 0 Å². The van der Waals surface area contributed by atoms with Gasteiger partial charge in [0.25, 0.3) is 0 Å². The Morgan fingerprint density at radius 1 is 1.53 bits per heavy atom. The molecule has 2 saturated carbocycles. The Hall–Kier alpha value is -0.610. The fourth-order valence-electron chi connectivity index (χ4n) is 2.30. The lowest BCUT2D eigenvalue weighted by Gasteiger charge is -2.17. The van der Waals surface area contributed by atoms with E-state index in [1.807, 2.05) is 0 Å². The Morgan fingerprint density at radius 3 is 2.73 bits per heavy atom. The van der Waals surface area contributed by atoms with Crippen molar-refractivity contribution in [1.29, 1.82) is 0 Å². The van der Waals surface area contributed by atoms with E-state index in [4.69, 9.17) is 10.5 Å². The zero-order valence-corrected chi connectivity index (χ0v) is 9.29. The van der Waals surface area contributed by atoms with Crippen LogP contribution in [0.4, 0.5) is 0 Å². The van der Waals surface area contributed by atoms with E-state index in [1.54, 1.807) is 7.11 Å². The summed E-state index contributed by atoms with van der Waals surface area (Å²) in [6, 6.07) is 0.298. The summed E-state index contributed by atoms with van der Waals surface area (Å²) in [4.78, 5) is 11.9. The molecule has 86 valence electrons. The average Bonchev–Trinajstić information content (AvgIpc) is 2.94. The van der Waals surface area contributed by atoms with Crippen LogP contribution in [0.2, 0.25) is 0 Å². The number of rotatable bonds is 4. The summed E-state index contributed by atoms with van der Waals surface area (Å²) < 4.78 is 5.27. The molecule has 0 aromatic rings. The fraction of sp³-hybridized carbons (Fsp3) is 0.909. The van der Waals surface area contributed by atoms with E-state index in [2.05, 4.69) is 5.32 Å². The summed E-state index contributed by atoms with van der Waals surface area (Å²) in [6.45, 7) is 0.485. The summed E-state index contributed by atoms with van der Waals surface area (Å²) >= 11 is 0. The van der Waals surface area contributed by atoms with Crippen LogP contribution in [0, 0.1) is 5.41 Å². The molecule has 2 aliphatic carbocycles. The standard InChI is InChI=1S/C11H20N2O2/c1-15-9-3-2-8(6-9)13-10(14)11(7-12)4-5-11/h8-9H,2-7,12H2,1H3,(H,13,14). The number of hydrogen-bond acceptors (Lipinski definition) is 3. The minimum Gasteiger partial charge on any atom is -0.381 e. The monoisotopic (exact) mass is 212 g/mol. The maximum Gasteiger partial charge on any atom is 0.227 e. The normalized spacial score (nSPS) is 32.7. The second-order valence-electron chi connectivity index (χ2n) is 4.83. The number of carbonyl (C=O) groups is 1. The molecule has 3 N–H and O–H groups in total. The highest BCUT2D eigenvalue weighted by Crippen LogP contribution is 2.45. The van der Waals surface area contributed by atoms with E-state index in [1.165, 1.54) is 0 Å². The topological polar surface area (TPSA) is 64.3 Å². The highest BCUT2D eigenvalue weighted by atomic mass is 16.5. The highest BCUT2D eigenvalue weighted by Gasteiger charge is 2.49. The maximum absolute atomic E-state index is 11.9. The Morgan fingerprint density at radius 2 is 2.27 bits per heavy atom. The van der Waals surface area contributed by atoms with Gasteiger partial charge in [-0.25, -0.2) is 0 Å². The van der Waals surface area contributed by atoms with Crippen molar-refractivity contribution in [2.75, 3.05) is 13.7 Å². The van der Waals surface area contributed by atoms with Gasteiger partial charge in [0.05, 0.1) is 11.5 Å². The van der Waals surface area contributed by atoms with E-state index in [0.29, 0.717) is 18.7 Å². The molecule has 0 bridgehead atoms. The van der Waals surface area contributed by atoms with E-state index in [-0.39, 0.29) is 11.3 Å². The van der Waals surface area contributed by atoms with E-state index >= 15 is 0 Å². The van der Waals surface area contributed by atoms with Crippen LogP contribution in [0.5, 0.6) is 0 Å². The van der Waals surface area contributed by atoms with Crippen LogP contribution in [0.15, 0.2) is 0 Å². The van der Waals surface area contributed by atoms with Gasteiger partial charge in [-0.2, -0.15) is 0 Å². The summed E-state index contributed by atoms with van der Waals surface area (Å²) in [5.74, 6) is 0.159. The molecular weight excluding hydrogens is 192 g/mol. The molecule has 2 fully saturated rings. The van der Waals surface area contributed by atoms with Gasteiger partial charge in [-0.15, -0.1) is 0 Å². The molecular formula is C11H20N2O2. The minimum absolute atomic E-state index is 0.159. The van der Waals surface area contributed by atoms with Crippen LogP contribution < -0.4 is 11.1 Å². The number of hydrogen-bond donors (Lipinski definition) is 2. The van der Waals surface area contributed by atoms with E-state index in [0.717, 1.165) is 32.1 Å². The molecule has 4 nitrogen and oxygen atoms in total. The quantitative estimate of drug-likeness (QED) is 0.709. The Balaban J connectivity index is 1.80. The van der Waals surface area contributed by atoms with Crippen molar-refractivity contribution in [2.24, 2.45) is 11.1 Å². The predicted molar refractivity (Wildman–Crippen MR) is 57.3 cm³/mol. The lowest BCUT2D eigenvalue weighted by Crippen LogP contribution is -2.41. The van der Waals surface area contributed by atoms with Gasteiger partial charge in [-0.3, -0.25) is 4.79 Å². The zero-order valence-electron chi connectivity index (χ0n) is 9.29.